The third-order valence-electron chi connectivity index (χ3n) is 5.42. The second-order valence-corrected chi connectivity index (χ2v) is 10.1. The number of aliphatic hydroxyl groups excluding tert-OH is 1. The molecule has 5 nitrogen and oxygen atoms in total. The van der Waals surface area contributed by atoms with Gasteiger partial charge < -0.3 is 10.0 Å². The zero-order valence-electron chi connectivity index (χ0n) is 16.8. The zero-order chi connectivity index (χ0) is 20.9. The maximum atomic E-state index is 12.5. The monoisotopic (exact) mass is 442 g/mol. The quantitative estimate of drug-likeness (QED) is 0.611. The summed E-state index contributed by atoms with van der Waals surface area (Å²) in [6.45, 7) is 3.58. The van der Waals surface area contributed by atoms with Crippen LogP contribution >= 0.6 is 11.3 Å². The first-order valence-electron chi connectivity index (χ1n) is 10.2. The average Bonchev–Trinajstić information content (AvgIpc) is 3.19. The summed E-state index contributed by atoms with van der Waals surface area (Å²) >= 11 is 1.77. The number of rotatable bonds is 7. The molecule has 2 heterocycles. The third-order valence-corrected chi connectivity index (χ3v) is 7.81. The Morgan fingerprint density at radius 1 is 1.03 bits per heavy atom. The van der Waals surface area contributed by atoms with Gasteiger partial charge in [-0.05, 0) is 28.6 Å². The fourth-order valence-electron chi connectivity index (χ4n) is 3.72. The summed E-state index contributed by atoms with van der Waals surface area (Å²) in [7, 11) is -1.22. The van der Waals surface area contributed by atoms with Gasteiger partial charge in [0.05, 0.1) is 6.61 Å². The Morgan fingerprint density at radius 2 is 1.77 bits per heavy atom. The van der Waals surface area contributed by atoms with Gasteiger partial charge in [0.15, 0.2) is 0 Å². The van der Waals surface area contributed by atoms with Crippen molar-refractivity contribution < 1.29 is 14.1 Å². The minimum atomic E-state index is -1.22. The molecule has 3 aromatic rings. The van der Waals surface area contributed by atoms with Gasteiger partial charge in [-0.15, -0.1) is 11.3 Å². The van der Waals surface area contributed by atoms with Gasteiger partial charge in [-0.3, -0.25) is 13.9 Å². The molecule has 2 aromatic carbocycles. The van der Waals surface area contributed by atoms with Gasteiger partial charge in [0, 0.05) is 58.9 Å². The predicted molar refractivity (Wildman–Crippen MR) is 124 cm³/mol. The van der Waals surface area contributed by atoms with Crippen LogP contribution in [0.5, 0.6) is 0 Å². The number of hydrogen-bond donors (Lipinski definition) is 1. The highest BCUT2D eigenvalue weighted by Gasteiger charge is 2.22. The first kappa shape index (κ1) is 21.2. The van der Waals surface area contributed by atoms with Gasteiger partial charge in [-0.2, -0.15) is 0 Å². The van der Waals surface area contributed by atoms with Gasteiger partial charge >= 0.3 is 0 Å². The van der Waals surface area contributed by atoms with E-state index < -0.39 is 10.8 Å². The van der Waals surface area contributed by atoms with Gasteiger partial charge in [0.1, 0.15) is 5.75 Å². The Balaban J connectivity index is 1.31. The van der Waals surface area contributed by atoms with Gasteiger partial charge in [-0.25, -0.2) is 0 Å². The van der Waals surface area contributed by atoms with E-state index in [0.29, 0.717) is 25.4 Å². The second-order valence-electron chi connectivity index (χ2n) is 7.52. The number of fused-ring (bicyclic) bond motifs is 1. The van der Waals surface area contributed by atoms with E-state index in [1.165, 1.54) is 15.0 Å². The zero-order valence-corrected chi connectivity index (χ0v) is 18.5. The molecular formula is C23H26N2O3S2. The highest BCUT2D eigenvalue weighted by molar-refractivity contribution is 7.84. The average molecular weight is 443 g/mol. The SMILES string of the molecule is O=C(CS(=O)Cc1ccc(-c2cc3ccccc3s2)cc1)N1CCN(CCO)CC1. The molecule has 1 aliphatic heterocycles. The standard InChI is InChI=1S/C23H26N2O3S2/c26-14-13-24-9-11-25(12-10-24)23(27)17-30(28)16-18-5-7-19(8-6-18)22-15-20-3-1-2-4-21(20)29-22/h1-8,15,26H,9-14,16-17H2. The first-order chi connectivity index (χ1) is 14.6. The molecule has 7 heteroatoms. The lowest BCUT2D eigenvalue weighted by atomic mass is 10.1. The van der Waals surface area contributed by atoms with Crippen LogP contribution in [0.15, 0.2) is 54.6 Å². The molecule has 0 bridgehead atoms. The van der Waals surface area contributed by atoms with Crippen LogP contribution in [0.25, 0.3) is 20.5 Å². The summed E-state index contributed by atoms with van der Waals surface area (Å²) in [4.78, 5) is 17.6. The summed E-state index contributed by atoms with van der Waals surface area (Å²) in [5.74, 6) is 0.417. The van der Waals surface area contributed by atoms with Crippen LogP contribution in [0.1, 0.15) is 5.56 Å². The number of carbonyl (C=O) groups is 1. The summed E-state index contributed by atoms with van der Waals surface area (Å²) in [5.41, 5.74) is 2.14. The minimum absolute atomic E-state index is 0.0427. The number of β-amino-alcohol motifs (C(OH)–C–C–N with tert-alkyl or cyclic N) is 1. The van der Waals surface area contributed by atoms with E-state index in [2.05, 4.69) is 41.3 Å². The van der Waals surface area contributed by atoms with Crippen LogP contribution in [-0.2, 0) is 21.3 Å². The lowest BCUT2D eigenvalue weighted by Crippen LogP contribution is -2.50. The number of thiophene rings is 1. The van der Waals surface area contributed by atoms with Gasteiger partial charge in [0.2, 0.25) is 5.91 Å². The highest BCUT2D eigenvalue weighted by atomic mass is 32.2. The molecule has 1 unspecified atom stereocenters. The molecule has 0 aliphatic carbocycles. The lowest BCUT2D eigenvalue weighted by molar-refractivity contribution is -0.130. The van der Waals surface area contributed by atoms with Gasteiger partial charge in [-0.1, -0.05) is 42.5 Å². The van der Waals surface area contributed by atoms with Crippen molar-refractivity contribution in [2.45, 2.75) is 5.75 Å². The van der Waals surface area contributed by atoms with Crippen molar-refractivity contribution >= 4 is 38.1 Å². The van der Waals surface area contributed by atoms with Crippen molar-refractivity contribution in [2.24, 2.45) is 0 Å². The lowest BCUT2D eigenvalue weighted by Gasteiger charge is -2.34. The van der Waals surface area contributed by atoms with E-state index in [-0.39, 0.29) is 18.3 Å². The molecule has 1 atom stereocenters. The summed E-state index contributed by atoms with van der Waals surface area (Å²) in [5, 5.41) is 10.3. The van der Waals surface area contributed by atoms with Gasteiger partial charge in [0.25, 0.3) is 0 Å². The smallest absolute Gasteiger partial charge is 0.235 e. The van der Waals surface area contributed by atoms with Crippen molar-refractivity contribution in [1.29, 1.82) is 0 Å². The first-order valence-corrected chi connectivity index (χ1v) is 12.5. The number of aliphatic hydroxyl groups is 1. The second kappa shape index (κ2) is 9.83. The molecule has 1 N–H and O–H groups in total. The molecule has 1 aromatic heterocycles. The number of carbonyl (C=O) groups excluding carboxylic acids is 1. The van der Waals surface area contributed by atoms with Crippen molar-refractivity contribution in [2.75, 3.05) is 45.1 Å². The molecule has 0 radical (unpaired) electrons. The number of piperazine rings is 1. The van der Waals surface area contributed by atoms with Crippen LogP contribution in [0.2, 0.25) is 0 Å². The van der Waals surface area contributed by atoms with Crippen molar-refractivity contribution in [1.82, 2.24) is 9.80 Å². The van der Waals surface area contributed by atoms with E-state index in [1.807, 2.05) is 18.2 Å². The Morgan fingerprint density at radius 3 is 2.47 bits per heavy atom. The van der Waals surface area contributed by atoms with Crippen LogP contribution in [-0.4, -0.2) is 70.1 Å². The number of nitrogens with zero attached hydrogens (tertiary/aromatic N) is 2. The normalized spacial score (nSPS) is 16.1. The highest BCUT2D eigenvalue weighted by Crippen LogP contribution is 2.33. The Labute approximate surface area is 183 Å². The fraction of sp³-hybridized carbons (Fsp3) is 0.348. The van der Waals surface area contributed by atoms with E-state index in [9.17, 15) is 9.00 Å². The number of hydrogen-bond acceptors (Lipinski definition) is 5. The molecule has 1 fully saturated rings. The Hall–Kier alpha value is -2.06. The summed E-state index contributed by atoms with van der Waals surface area (Å²) in [6.07, 6.45) is 0. The van der Waals surface area contributed by atoms with Crippen molar-refractivity contribution in [3.63, 3.8) is 0 Å². The third kappa shape index (κ3) is 5.16. The van der Waals surface area contributed by atoms with Crippen molar-refractivity contribution in [3.05, 3.63) is 60.2 Å². The van der Waals surface area contributed by atoms with Crippen molar-refractivity contribution in [3.8, 4) is 10.4 Å². The summed E-state index contributed by atoms with van der Waals surface area (Å²) in [6, 6.07) is 18.7. The molecule has 158 valence electrons. The van der Waals surface area contributed by atoms with E-state index in [0.717, 1.165) is 24.2 Å². The van der Waals surface area contributed by atoms with Crippen LogP contribution in [0.4, 0.5) is 0 Å². The Kier molecular flexibility index (Phi) is 6.94. The molecule has 1 amide bonds. The molecule has 0 spiro atoms. The summed E-state index contributed by atoms with van der Waals surface area (Å²) < 4.78 is 13.8. The molecule has 4 rings (SSSR count). The van der Waals surface area contributed by atoms with Crippen LogP contribution in [0, 0.1) is 0 Å². The molecule has 1 saturated heterocycles. The molecule has 1 aliphatic rings. The van der Waals surface area contributed by atoms with E-state index in [1.54, 1.807) is 16.2 Å². The molecule has 0 saturated carbocycles. The Bertz CT molecular complexity index is 991. The molecule has 30 heavy (non-hydrogen) atoms. The molecular weight excluding hydrogens is 416 g/mol. The topological polar surface area (TPSA) is 60.9 Å². The maximum absolute atomic E-state index is 12.5. The minimum Gasteiger partial charge on any atom is -0.395 e. The van der Waals surface area contributed by atoms with E-state index in [4.69, 9.17) is 5.11 Å². The number of amides is 1. The largest absolute Gasteiger partial charge is 0.395 e. The predicted octanol–water partition coefficient (Wildman–Crippen LogP) is 2.95. The number of benzene rings is 2. The van der Waals surface area contributed by atoms with E-state index >= 15 is 0 Å². The van der Waals surface area contributed by atoms with Crippen LogP contribution < -0.4 is 0 Å². The fourth-order valence-corrected chi connectivity index (χ4v) is 5.91. The van der Waals surface area contributed by atoms with Crippen LogP contribution in [0.3, 0.4) is 0 Å². The maximum Gasteiger partial charge on any atom is 0.235 e.